The Morgan fingerprint density at radius 3 is 3.25 bits per heavy atom. The molecule has 0 aliphatic carbocycles. The molecule has 0 saturated heterocycles. The molecular formula is C11H10N4O. The molecule has 3 aromatic rings. The van der Waals surface area contributed by atoms with Gasteiger partial charge in [-0.15, -0.1) is 0 Å². The van der Waals surface area contributed by atoms with E-state index in [2.05, 4.69) is 15.0 Å². The van der Waals surface area contributed by atoms with E-state index in [1.165, 1.54) is 0 Å². The molecule has 1 N–H and O–H groups in total. The van der Waals surface area contributed by atoms with Gasteiger partial charge < -0.3 is 14.3 Å². The lowest BCUT2D eigenvalue weighted by atomic mass is 10.3. The zero-order chi connectivity index (χ0) is 11.1. The first-order valence-electron chi connectivity index (χ1n) is 5.02. The maximum absolute atomic E-state index is 10.5. The van der Waals surface area contributed by atoms with E-state index in [0.717, 1.165) is 34.2 Å². The summed E-state index contributed by atoms with van der Waals surface area (Å²) < 4.78 is 1.95. The number of nitrogens with zero attached hydrogens (tertiary/aromatic N) is 3. The van der Waals surface area contributed by atoms with Gasteiger partial charge in [-0.2, -0.15) is 0 Å². The van der Waals surface area contributed by atoms with E-state index in [1.807, 2.05) is 23.9 Å². The SMILES string of the molecule is Cn1c(CC=O)nc2cnc3[nH]ccc3c21. The number of nitrogens with one attached hydrogen (secondary N) is 1. The fourth-order valence-corrected chi connectivity index (χ4v) is 2.02. The number of H-pyrrole nitrogens is 1. The summed E-state index contributed by atoms with van der Waals surface area (Å²) in [6.45, 7) is 0. The van der Waals surface area contributed by atoms with Crippen LogP contribution in [0, 0.1) is 0 Å². The maximum atomic E-state index is 10.5. The summed E-state index contributed by atoms with van der Waals surface area (Å²) in [5.74, 6) is 0.764. The van der Waals surface area contributed by atoms with E-state index >= 15 is 0 Å². The number of hydrogen-bond acceptors (Lipinski definition) is 3. The first-order valence-corrected chi connectivity index (χ1v) is 5.02. The lowest BCUT2D eigenvalue weighted by Crippen LogP contribution is -1.98. The molecule has 0 atom stereocenters. The summed E-state index contributed by atoms with van der Waals surface area (Å²) in [6.07, 6.45) is 4.77. The van der Waals surface area contributed by atoms with Crippen molar-refractivity contribution in [3.05, 3.63) is 24.3 Å². The number of aromatic amines is 1. The number of rotatable bonds is 2. The number of carbonyl (C=O) groups excluding carboxylic acids is 1. The molecule has 0 spiro atoms. The predicted molar refractivity (Wildman–Crippen MR) is 60.1 cm³/mol. The second-order valence-electron chi connectivity index (χ2n) is 3.69. The lowest BCUT2D eigenvalue weighted by molar-refractivity contribution is -0.107. The molecule has 0 bridgehead atoms. The molecular weight excluding hydrogens is 204 g/mol. The summed E-state index contributed by atoms with van der Waals surface area (Å²) in [5, 5.41) is 1.03. The molecule has 0 saturated carbocycles. The topological polar surface area (TPSA) is 63.6 Å². The summed E-state index contributed by atoms with van der Waals surface area (Å²) in [5.41, 5.74) is 2.68. The van der Waals surface area contributed by atoms with Gasteiger partial charge >= 0.3 is 0 Å². The zero-order valence-corrected chi connectivity index (χ0v) is 8.77. The highest BCUT2D eigenvalue weighted by Crippen LogP contribution is 2.22. The van der Waals surface area contributed by atoms with Crippen molar-refractivity contribution in [2.75, 3.05) is 0 Å². The Morgan fingerprint density at radius 1 is 1.56 bits per heavy atom. The minimum atomic E-state index is 0.330. The van der Waals surface area contributed by atoms with Crippen molar-refractivity contribution in [1.82, 2.24) is 19.5 Å². The van der Waals surface area contributed by atoms with Gasteiger partial charge in [0.05, 0.1) is 18.1 Å². The average molecular weight is 214 g/mol. The molecule has 3 rings (SSSR count). The van der Waals surface area contributed by atoms with Crippen molar-refractivity contribution in [3.8, 4) is 0 Å². The Bertz CT molecular complexity index is 680. The van der Waals surface area contributed by atoms with Crippen LogP contribution < -0.4 is 0 Å². The number of carbonyl (C=O) groups is 1. The Morgan fingerprint density at radius 2 is 2.44 bits per heavy atom. The highest BCUT2D eigenvalue weighted by atomic mass is 16.1. The number of aryl methyl sites for hydroxylation is 1. The first kappa shape index (κ1) is 9.08. The largest absolute Gasteiger partial charge is 0.346 e. The second kappa shape index (κ2) is 3.16. The molecule has 0 fully saturated rings. The van der Waals surface area contributed by atoms with Gasteiger partial charge in [0.1, 0.15) is 23.3 Å². The highest BCUT2D eigenvalue weighted by molar-refractivity contribution is 6.01. The van der Waals surface area contributed by atoms with Crippen LogP contribution in [0.25, 0.3) is 22.1 Å². The van der Waals surface area contributed by atoms with Gasteiger partial charge in [-0.3, -0.25) is 0 Å². The monoisotopic (exact) mass is 214 g/mol. The Balaban J connectivity index is 2.44. The predicted octanol–water partition coefficient (Wildman–Crippen LogP) is 1.19. The summed E-state index contributed by atoms with van der Waals surface area (Å²) in [7, 11) is 1.92. The number of hydrogen-bond donors (Lipinski definition) is 1. The van der Waals surface area contributed by atoms with Crippen LogP contribution in [0.2, 0.25) is 0 Å². The van der Waals surface area contributed by atoms with Crippen molar-refractivity contribution in [1.29, 1.82) is 0 Å². The lowest BCUT2D eigenvalue weighted by Gasteiger charge is -1.98. The third-order valence-electron chi connectivity index (χ3n) is 2.78. The molecule has 0 radical (unpaired) electrons. The molecule has 0 aliphatic rings. The standard InChI is InChI=1S/C11H10N4O/c1-15-9(3-5-16)14-8-6-13-11-7(10(8)15)2-4-12-11/h2,4-6H,3H2,1H3,(H,12,13). The van der Waals surface area contributed by atoms with Crippen molar-refractivity contribution in [3.63, 3.8) is 0 Å². The Labute approximate surface area is 91.1 Å². The van der Waals surface area contributed by atoms with Gasteiger partial charge in [-0.1, -0.05) is 0 Å². The van der Waals surface area contributed by atoms with Crippen LogP contribution in [0.3, 0.4) is 0 Å². The number of aromatic nitrogens is 4. The van der Waals surface area contributed by atoms with Crippen LogP contribution in [0.5, 0.6) is 0 Å². The van der Waals surface area contributed by atoms with Gasteiger partial charge in [0.25, 0.3) is 0 Å². The van der Waals surface area contributed by atoms with Crippen LogP contribution in [-0.4, -0.2) is 25.8 Å². The summed E-state index contributed by atoms with van der Waals surface area (Å²) in [4.78, 5) is 22.3. The second-order valence-corrected chi connectivity index (χ2v) is 3.69. The third-order valence-corrected chi connectivity index (χ3v) is 2.78. The maximum Gasteiger partial charge on any atom is 0.139 e. The normalized spacial score (nSPS) is 11.3. The van der Waals surface area contributed by atoms with Crippen molar-refractivity contribution < 1.29 is 4.79 Å². The molecule has 0 aliphatic heterocycles. The number of pyridine rings is 1. The molecule has 3 aromatic heterocycles. The first-order chi connectivity index (χ1) is 7.81. The fraction of sp³-hybridized carbons (Fsp3) is 0.182. The van der Waals surface area contributed by atoms with E-state index < -0.39 is 0 Å². The van der Waals surface area contributed by atoms with Gasteiger partial charge in [-0.05, 0) is 6.07 Å². The summed E-state index contributed by atoms with van der Waals surface area (Å²) in [6, 6.07) is 1.97. The minimum Gasteiger partial charge on any atom is -0.346 e. The molecule has 3 heterocycles. The van der Waals surface area contributed by atoms with Gasteiger partial charge in [-0.25, -0.2) is 9.97 Å². The van der Waals surface area contributed by atoms with Crippen molar-refractivity contribution in [2.45, 2.75) is 6.42 Å². The molecule has 5 nitrogen and oxygen atoms in total. The molecule has 5 heteroatoms. The quantitative estimate of drug-likeness (QED) is 0.652. The van der Waals surface area contributed by atoms with Gasteiger partial charge in [0.15, 0.2) is 0 Å². The Hall–Kier alpha value is -2.17. The fourth-order valence-electron chi connectivity index (χ4n) is 2.02. The van der Waals surface area contributed by atoms with Crippen LogP contribution in [0.15, 0.2) is 18.5 Å². The highest BCUT2D eigenvalue weighted by Gasteiger charge is 2.11. The molecule has 0 amide bonds. The Kier molecular flexibility index (Phi) is 1.80. The molecule has 80 valence electrons. The molecule has 16 heavy (non-hydrogen) atoms. The van der Waals surface area contributed by atoms with Crippen LogP contribution >= 0.6 is 0 Å². The average Bonchev–Trinajstić information content (AvgIpc) is 2.84. The molecule has 0 unspecified atom stereocenters. The number of aldehydes is 1. The smallest absolute Gasteiger partial charge is 0.139 e. The van der Waals surface area contributed by atoms with E-state index in [0.29, 0.717) is 6.42 Å². The van der Waals surface area contributed by atoms with E-state index in [-0.39, 0.29) is 0 Å². The van der Waals surface area contributed by atoms with Crippen LogP contribution in [0.4, 0.5) is 0 Å². The van der Waals surface area contributed by atoms with Crippen molar-refractivity contribution in [2.24, 2.45) is 7.05 Å². The minimum absolute atomic E-state index is 0.330. The molecule has 0 aromatic carbocycles. The van der Waals surface area contributed by atoms with E-state index in [4.69, 9.17) is 0 Å². The number of fused-ring (bicyclic) bond motifs is 3. The van der Waals surface area contributed by atoms with E-state index in [1.54, 1.807) is 6.20 Å². The van der Waals surface area contributed by atoms with Crippen molar-refractivity contribution >= 4 is 28.4 Å². The zero-order valence-electron chi connectivity index (χ0n) is 8.77. The van der Waals surface area contributed by atoms with Gasteiger partial charge in [0.2, 0.25) is 0 Å². The number of imidazole rings is 1. The third kappa shape index (κ3) is 1.08. The van der Waals surface area contributed by atoms with Crippen LogP contribution in [-0.2, 0) is 18.3 Å². The van der Waals surface area contributed by atoms with Gasteiger partial charge in [0, 0.05) is 18.6 Å². The van der Waals surface area contributed by atoms with Crippen LogP contribution in [0.1, 0.15) is 5.82 Å². The van der Waals surface area contributed by atoms with E-state index in [9.17, 15) is 4.79 Å². The summed E-state index contributed by atoms with van der Waals surface area (Å²) >= 11 is 0.